The number of nitrogens with zero attached hydrogens (tertiary/aromatic N) is 3. The monoisotopic (exact) mass is 327 g/mol. The highest BCUT2D eigenvalue weighted by atomic mass is 16.5. The van der Waals surface area contributed by atoms with Gasteiger partial charge < -0.3 is 14.4 Å². The minimum absolute atomic E-state index is 0.0998. The molecule has 1 saturated heterocycles. The van der Waals surface area contributed by atoms with E-state index >= 15 is 0 Å². The largest absolute Gasteiger partial charge is 0.494 e. The third kappa shape index (κ3) is 3.04. The van der Waals surface area contributed by atoms with E-state index < -0.39 is 0 Å². The number of hydrogen-bond donors (Lipinski definition) is 0. The van der Waals surface area contributed by atoms with Gasteiger partial charge >= 0.3 is 0 Å². The van der Waals surface area contributed by atoms with Crippen LogP contribution in [0, 0.1) is 6.92 Å². The summed E-state index contributed by atoms with van der Waals surface area (Å²) >= 11 is 0. The summed E-state index contributed by atoms with van der Waals surface area (Å²) in [6.45, 7) is 3.23. The van der Waals surface area contributed by atoms with Gasteiger partial charge in [-0.1, -0.05) is 6.07 Å². The van der Waals surface area contributed by atoms with Crippen molar-refractivity contribution < 1.29 is 14.3 Å². The standard InChI is InChI=1S/C18H21N3O3/c1-12-9-15(23-2)16(20-10-12)18(22)21-8-6-13(11-21)14-5-4-7-19-17(14)24-3/h4-5,7,9-10,13H,6,8,11H2,1-3H3. The Balaban J connectivity index is 1.79. The molecule has 1 aliphatic heterocycles. The number of pyridine rings is 2. The second-order valence-electron chi connectivity index (χ2n) is 5.90. The van der Waals surface area contributed by atoms with Crippen molar-refractivity contribution >= 4 is 5.91 Å². The maximum absolute atomic E-state index is 12.8. The van der Waals surface area contributed by atoms with E-state index in [1.807, 2.05) is 30.0 Å². The number of amides is 1. The lowest BCUT2D eigenvalue weighted by Gasteiger charge is -2.18. The van der Waals surface area contributed by atoms with Crippen LogP contribution in [0.5, 0.6) is 11.6 Å². The number of aryl methyl sites for hydroxylation is 1. The quantitative estimate of drug-likeness (QED) is 0.863. The number of carbonyl (C=O) groups is 1. The third-order valence-electron chi connectivity index (χ3n) is 4.32. The minimum atomic E-state index is -0.0998. The van der Waals surface area contributed by atoms with Gasteiger partial charge in [0.15, 0.2) is 5.69 Å². The molecule has 0 N–H and O–H groups in total. The summed E-state index contributed by atoms with van der Waals surface area (Å²) in [5, 5.41) is 0. The average Bonchev–Trinajstić information content (AvgIpc) is 3.10. The number of hydrogen-bond acceptors (Lipinski definition) is 5. The second kappa shape index (κ2) is 6.86. The Morgan fingerprint density at radius 3 is 2.88 bits per heavy atom. The fourth-order valence-electron chi connectivity index (χ4n) is 3.09. The zero-order valence-corrected chi connectivity index (χ0v) is 14.2. The van der Waals surface area contributed by atoms with Crippen molar-refractivity contribution in [2.45, 2.75) is 19.3 Å². The van der Waals surface area contributed by atoms with Gasteiger partial charge in [-0.05, 0) is 31.0 Å². The molecule has 3 rings (SSSR count). The smallest absolute Gasteiger partial charge is 0.276 e. The van der Waals surface area contributed by atoms with E-state index in [4.69, 9.17) is 9.47 Å². The molecule has 0 radical (unpaired) electrons. The first-order chi connectivity index (χ1) is 11.6. The van der Waals surface area contributed by atoms with Gasteiger partial charge in [-0.2, -0.15) is 0 Å². The molecular weight excluding hydrogens is 306 g/mol. The molecule has 0 aromatic carbocycles. The van der Waals surface area contributed by atoms with Crippen LogP contribution in [-0.2, 0) is 0 Å². The van der Waals surface area contributed by atoms with E-state index in [1.54, 1.807) is 26.6 Å². The van der Waals surface area contributed by atoms with Crippen LogP contribution in [0.25, 0.3) is 0 Å². The zero-order valence-electron chi connectivity index (χ0n) is 14.2. The highest BCUT2D eigenvalue weighted by Crippen LogP contribution is 2.33. The van der Waals surface area contributed by atoms with Crippen molar-refractivity contribution in [2.24, 2.45) is 0 Å². The molecule has 24 heavy (non-hydrogen) atoms. The van der Waals surface area contributed by atoms with Gasteiger partial charge in [0.1, 0.15) is 5.75 Å². The molecule has 1 fully saturated rings. The lowest BCUT2D eigenvalue weighted by molar-refractivity contribution is 0.0781. The summed E-state index contributed by atoms with van der Waals surface area (Å²) in [5.74, 6) is 1.26. The van der Waals surface area contributed by atoms with Gasteiger partial charge in [-0.3, -0.25) is 4.79 Å². The Morgan fingerprint density at radius 1 is 1.29 bits per heavy atom. The molecule has 1 atom stereocenters. The first-order valence-electron chi connectivity index (χ1n) is 7.93. The molecule has 0 saturated carbocycles. The summed E-state index contributed by atoms with van der Waals surface area (Å²) in [6, 6.07) is 5.74. The van der Waals surface area contributed by atoms with Crippen molar-refractivity contribution in [1.82, 2.24) is 14.9 Å². The Labute approximate surface area is 141 Å². The lowest BCUT2D eigenvalue weighted by atomic mass is 10.00. The number of rotatable bonds is 4. The molecule has 126 valence electrons. The van der Waals surface area contributed by atoms with Crippen molar-refractivity contribution in [3.8, 4) is 11.6 Å². The maximum atomic E-state index is 12.8. The molecule has 0 aliphatic carbocycles. The van der Waals surface area contributed by atoms with Crippen LogP contribution in [-0.4, -0.2) is 48.1 Å². The molecule has 1 amide bonds. The number of likely N-dealkylation sites (tertiary alicyclic amines) is 1. The number of aromatic nitrogens is 2. The molecule has 2 aromatic heterocycles. The molecular formula is C18H21N3O3. The highest BCUT2D eigenvalue weighted by Gasteiger charge is 2.31. The van der Waals surface area contributed by atoms with E-state index in [0.717, 1.165) is 17.5 Å². The molecule has 6 heteroatoms. The van der Waals surface area contributed by atoms with Crippen LogP contribution in [0.2, 0.25) is 0 Å². The van der Waals surface area contributed by atoms with Crippen LogP contribution >= 0.6 is 0 Å². The SMILES string of the molecule is COc1cc(C)cnc1C(=O)N1CCC(c2cccnc2OC)C1. The Hall–Kier alpha value is -2.63. The van der Waals surface area contributed by atoms with Gasteiger partial charge in [-0.15, -0.1) is 0 Å². The van der Waals surface area contributed by atoms with Crippen molar-refractivity contribution in [3.63, 3.8) is 0 Å². The van der Waals surface area contributed by atoms with Crippen LogP contribution in [0.1, 0.15) is 34.0 Å². The summed E-state index contributed by atoms with van der Waals surface area (Å²) in [5.41, 5.74) is 2.36. The van der Waals surface area contributed by atoms with Crippen molar-refractivity contribution in [1.29, 1.82) is 0 Å². The summed E-state index contributed by atoms with van der Waals surface area (Å²) in [6.07, 6.45) is 4.27. The Morgan fingerprint density at radius 2 is 2.12 bits per heavy atom. The van der Waals surface area contributed by atoms with E-state index in [1.165, 1.54) is 0 Å². The first kappa shape index (κ1) is 16.2. The third-order valence-corrected chi connectivity index (χ3v) is 4.32. The minimum Gasteiger partial charge on any atom is -0.494 e. The molecule has 0 bridgehead atoms. The number of carbonyl (C=O) groups excluding carboxylic acids is 1. The Bertz CT molecular complexity index is 748. The maximum Gasteiger partial charge on any atom is 0.276 e. The average molecular weight is 327 g/mol. The lowest BCUT2D eigenvalue weighted by Crippen LogP contribution is -2.29. The van der Waals surface area contributed by atoms with E-state index in [0.29, 0.717) is 30.4 Å². The highest BCUT2D eigenvalue weighted by molar-refractivity contribution is 5.95. The molecule has 6 nitrogen and oxygen atoms in total. The van der Waals surface area contributed by atoms with Crippen LogP contribution < -0.4 is 9.47 Å². The van der Waals surface area contributed by atoms with Crippen molar-refractivity contribution in [2.75, 3.05) is 27.3 Å². The predicted molar refractivity (Wildman–Crippen MR) is 89.6 cm³/mol. The van der Waals surface area contributed by atoms with Gasteiger partial charge in [0, 0.05) is 37.0 Å². The molecule has 3 heterocycles. The van der Waals surface area contributed by atoms with Gasteiger partial charge in [0.25, 0.3) is 5.91 Å². The number of ether oxygens (including phenoxy) is 2. The van der Waals surface area contributed by atoms with Crippen LogP contribution in [0.4, 0.5) is 0 Å². The fraction of sp³-hybridized carbons (Fsp3) is 0.389. The van der Waals surface area contributed by atoms with Crippen LogP contribution in [0.15, 0.2) is 30.6 Å². The van der Waals surface area contributed by atoms with Crippen LogP contribution in [0.3, 0.4) is 0 Å². The van der Waals surface area contributed by atoms with E-state index in [9.17, 15) is 4.79 Å². The number of methoxy groups -OCH3 is 2. The van der Waals surface area contributed by atoms with Gasteiger partial charge in [0.2, 0.25) is 5.88 Å². The zero-order chi connectivity index (χ0) is 17.1. The van der Waals surface area contributed by atoms with Gasteiger partial charge in [0.05, 0.1) is 14.2 Å². The topological polar surface area (TPSA) is 64.5 Å². The molecule has 2 aromatic rings. The second-order valence-corrected chi connectivity index (χ2v) is 5.90. The normalized spacial score (nSPS) is 17.0. The predicted octanol–water partition coefficient (Wildman–Crippen LogP) is 2.43. The summed E-state index contributed by atoms with van der Waals surface area (Å²) in [4.78, 5) is 23.1. The Kier molecular flexibility index (Phi) is 4.64. The summed E-state index contributed by atoms with van der Waals surface area (Å²) in [7, 11) is 3.17. The molecule has 1 unspecified atom stereocenters. The summed E-state index contributed by atoms with van der Waals surface area (Å²) < 4.78 is 10.7. The molecule has 0 spiro atoms. The van der Waals surface area contributed by atoms with Crippen molar-refractivity contribution in [3.05, 3.63) is 47.4 Å². The van der Waals surface area contributed by atoms with Gasteiger partial charge in [-0.25, -0.2) is 9.97 Å². The first-order valence-corrected chi connectivity index (χ1v) is 7.93. The fourth-order valence-corrected chi connectivity index (χ4v) is 3.09. The molecule has 1 aliphatic rings. The van der Waals surface area contributed by atoms with E-state index in [-0.39, 0.29) is 11.8 Å². The van der Waals surface area contributed by atoms with E-state index in [2.05, 4.69) is 9.97 Å².